The van der Waals surface area contributed by atoms with Crippen LogP contribution in [0.2, 0.25) is 0 Å². The molecule has 1 saturated carbocycles. The predicted molar refractivity (Wildman–Crippen MR) is 178 cm³/mol. The normalized spacial score (nSPS) is 18.8. The Kier molecular flexibility index (Phi) is 8.12. The molecule has 242 valence electrons. The molecular weight excluding hydrogens is 632 g/mol. The van der Waals surface area contributed by atoms with Crippen LogP contribution in [0.3, 0.4) is 0 Å². The molecule has 47 heavy (non-hydrogen) atoms. The number of nitrogens with one attached hydrogen (secondary N) is 2. The van der Waals surface area contributed by atoms with E-state index in [2.05, 4.69) is 76.2 Å². The van der Waals surface area contributed by atoms with Crippen molar-refractivity contribution in [2.45, 2.75) is 63.2 Å². The first-order valence-corrected chi connectivity index (χ1v) is 16.0. The second-order valence-corrected chi connectivity index (χ2v) is 12.8. The lowest BCUT2D eigenvalue weighted by molar-refractivity contribution is -0.143. The van der Waals surface area contributed by atoms with E-state index in [4.69, 9.17) is 12.2 Å². The van der Waals surface area contributed by atoms with Gasteiger partial charge in [-0.25, -0.2) is 0 Å². The summed E-state index contributed by atoms with van der Waals surface area (Å²) in [6, 6.07) is 26.8. The molecule has 0 aromatic heterocycles. The molecule has 5 aromatic rings. The monoisotopic (exact) mass is 663 g/mol. The SMILES string of the molecule is FC(F)(F)c1cc(NC(=S)N[C@H]2CCCC[C@@H]2N2Cc3ccc4ccccc4c3-c3c(ccc4ccccc34)C2)cc(C(F)(F)F)c1. The van der Waals surface area contributed by atoms with Crippen molar-refractivity contribution >= 4 is 44.6 Å². The van der Waals surface area contributed by atoms with E-state index < -0.39 is 23.5 Å². The number of rotatable bonds is 3. The van der Waals surface area contributed by atoms with E-state index in [0.717, 1.165) is 36.5 Å². The van der Waals surface area contributed by atoms with Crippen LogP contribution in [0.5, 0.6) is 0 Å². The number of benzene rings is 5. The highest BCUT2D eigenvalue weighted by Gasteiger charge is 2.38. The lowest BCUT2D eigenvalue weighted by atomic mass is 9.88. The Balaban J connectivity index is 1.22. The minimum Gasteiger partial charge on any atom is -0.358 e. The predicted octanol–water partition coefficient (Wildman–Crippen LogP) is 10.3. The maximum absolute atomic E-state index is 13.5. The Morgan fingerprint density at radius 3 is 1.70 bits per heavy atom. The zero-order valence-corrected chi connectivity index (χ0v) is 26.0. The average Bonchev–Trinajstić information content (AvgIpc) is 3.21. The number of nitrogens with zero attached hydrogens (tertiary/aromatic N) is 1. The molecule has 0 radical (unpaired) electrons. The number of fused-ring (bicyclic) bond motifs is 7. The summed E-state index contributed by atoms with van der Waals surface area (Å²) in [5.41, 5.74) is 1.69. The van der Waals surface area contributed by atoms with Crippen molar-refractivity contribution in [3.8, 4) is 11.1 Å². The van der Waals surface area contributed by atoms with E-state index in [0.29, 0.717) is 25.2 Å². The molecule has 10 heteroatoms. The number of hydrogen-bond donors (Lipinski definition) is 2. The van der Waals surface area contributed by atoms with Crippen LogP contribution in [0.25, 0.3) is 32.7 Å². The summed E-state index contributed by atoms with van der Waals surface area (Å²) in [5, 5.41) is 10.6. The van der Waals surface area contributed by atoms with Crippen LogP contribution < -0.4 is 10.6 Å². The van der Waals surface area contributed by atoms with Gasteiger partial charge in [0.05, 0.1) is 11.1 Å². The zero-order chi connectivity index (χ0) is 32.9. The van der Waals surface area contributed by atoms with Crippen LogP contribution in [-0.2, 0) is 25.4 Å². The molecular formula is C37H31F6N3S. The minimum absolute atomic E-state index is 0.0121. The summed E-state index contributed by atoms with van der Waals surface area (Å²) in [6.07, 6.45) is -6.34. The van der Waals surface area contributed by atoms with Crippen LogP contribution in [0.1, 0.15) is 47.9 Å². The van der Waals surface area contributed by atoms with Gasteiger partial charge in [0.1, 0.15) is 0 Å². The van der Waals surface area contributed by atoms with Gasteiger partial charge in [0.25, 0.3) is 0 Å². The van der Waals surface area contributed by atoms with Gasteiger partial charge in [-0.3, -0.25) is 4.90 Å². The molecule has 1 aliphatic heterocycles. The first-order chi connectivity index (χ1) is 22.5. The highest BCUT2D eigenvalue weighted by atomic mass is 32.1. The molecule has 0 bridgehead atoms. The number of thiocarbonyl (C=S) groups is 1. The molecule has 5 aromatic carbocycles. The molecule has 2 aliphatic rings. The summed E-state index contributed by atoms with van der Waals surface area (Å²) < 4.78 is 80.8. The second-order valence-electron chi connectivity index (χ2n) is 12.4. The third-order valence-corrected chi connectivity index (χ3v) is 9.61. The lowest BCUT2D eigenvalue weighted by Crippen LogP contribution is -2.53. The zero-order valence-electron chi connectivity index (χ0n) is 25.2. The Morgan fingerprint density at radius 1 is 0.660 bits per heavy atom. The van der Waals surface area contributed by atoms with E-state index in [-0.39, 0.29) is 28.9 Å². The van der Waals surface area contributed by atoms with Crippen molar-refractivity contribution in [1.29, 1.82) is 0 Å². The molecule has 2 N–H and O–H groups in total. The van der Waals surface area contributed by atoms with E-state index in [1.54, 1.807) is 0 Å². The molecule has 7 rings (SSSR count). The van der Waals surface area contributed by atoms with Crippen molar-refractivity contribution in [3.63, 3.8) is 0 Å². The lowest BCUT2D eigenvalue weighted by Gasteiger charge is -2.40. The molecule has 1 fully saturated rings. The van der Waals surface area contributed by atoms with E-state index in [1.807, 2.05) is 12.1 Å². The summed E-state index contributed by atoms with van der Waals surface area (Å²) >= 11 is 5.50. The molecule has 1 heterocycles. The number of alkyl halides is 6. The standard InChI is InChI=1S/C37H31F6N3S/c38-36(39,40)26-17-27(37(41,42)43)19-28(18-26)44-35(47)45-31-11-5-6-12-32(31)46-20-24-15-13-22-7-1-3-9-29(22)33(24)34-25(21-46)16-14-23-8-2-4-10-30(23)34/h1-4,7-10,13-19,31-32H,5-6,11-12,20-21H2,(H2,44,45,47)/t31-,32-/m0/s1. The average molecular weight is 664 g/mol. The molecule has 3 nitrogen and oxygen atoms in total. The van der Waals surface area contributed by atoms with Gasteiger partial charge in [0.15, 0.2) is 5.11 Å². The molecule has 0 saturated heterocycles. The topological polar surface area (TPSA) is 27.3 Å². The summed E-state index contributed by atoms with van der Waals surface area (Å²) in [5.74, 6) is 0. The van der Waals surface area contributed by atoms with Gasteiger partial charge in [-0.15, -0.1) is 0 Å². The van der Waals surface area contributed by atoms with Crippen LogP contribution in [0.4, 0.5) is 32.0 Å². The van der Waals surface area contributed by atoms with Crippen LogP contribution in [0, 0.1) is 0 Å². The Morgan fingerprint density at radius 2 is 1.17 bits per heavy atom. The fourth-order valence-electron chi connectivity index (χ4n) is 7.29. The molecule has 0 amide bonds. The van der Waals surface area contributed by atoms with Crippen molar-refractivity contribution in [2.75, 3.05) is 5.32 Å². The quantitative estimate of drug-likeness (QED) is 0.148. The largest absolute Gasteiger partial charge is 0.416 e. The van der Waals surface area contributed by atoms with Gasteiger partial charge >= 0.3 is 12.4 Å². The first-order valence-electron chi connectivity index (χ1n) is 15.6. The third kappa shape index (κ3) is 6.28. The number of anilines is 1. The van der Waals surface area contributed by atoms with E-state index in [9.17, 15) is 26.3 Å². The maximum atomic E-state index is 13.5. The highest BCUT2D eigenvalue weighted by molar-refractivity contribution is 7.80. The molecule has 2 atom stereocenters. The van der Waals surface area contributed by atoms with Gasteiger partial charge in [-0.1, -0.05) is 85.6 Å². The van der Waals surface area contributed by atoms with Crippen molar-refractivity contribution in [1.82, 2.24) is 10.2 Å². The highest BCUT2D eigenvalue weighted by Crippen LogP contribution is 2.43. The third-order valence-electron chi connectivity index (χ3n) is 9.39. The van der Waals surface area contributed by atoms with Crippen LogP contribution in [-0.4, -0.2) is 22.1 Å². The van der Waals surface area contributed by atoms with Crippen LogP contribution >= 0.6 is 12.2 Å². The summed E-state index contributed by atoms with van der Waals surface area (Å²) in [7, 11) is 0. The van der Waals surface area contributed by atoms with E-state index >= 15 is 0 Å². The number of halogens is 6. The van der Waals surface area contributed by atoms with Gasteiger partial charge in [0, 0.05) is 30.9 Å². The smallest absolute Gasteiger partial charge is 0.358 e. The van der Waals surface area contributed by atoms with Gasteiger partial charge < -0.3 is 10.6 Å². The van der Waals surface area contributed by atoms with Crippen LogP contribution in [0.15, 0.2) is 91.0 Å². The second kappa shape index (κ2) is 12.1. The van der Waals surface area contributed by atoms with Gasteiger partial charge in [0.2, 0.25) is 0 Å². The Hall–Kier alpha value is -4.15. The molecule has 0 spiro atoms. The Bertz CT molecular complexity index is 1870. The maximum Gasteiger partial charge on any atom is 0.416 e. The fourth-order valence-corrected chi connectivity index (χ4v) is 7.56. The van der Waals surface area contributed by atoms with Crippen molar-refractivity contribution < 1.29 is 26.3 Å². The number of hydrogen-bond acceptors (Lipinski definition) is 2. The van der Waals surface area contributed by atoms with Crippen molar-refractivity contribution in [3.05, 3.63) is 113 Å². The molecule has 0 unspecified atom stereocenters. The van der Waals surface area contributed by atoms with Crippen molar-refractivity contribution in [2.24, 2.45) is 0 Å². The van der Waals surface area contributed by atoms with Gasteiger partial charge in [-0.05, 0) is 87.1 Å². The molecule has 1 aliphatic carbocycles. The minimum atomic E-state index is -4.95. The summed E-state index contributed by atoms with van der Waals surface area (Å²) in [4.78, 5) is 2.44. The fraction of sp³-hybridized carbons (Fsp3) is 0.270. The van der Waals surface area contributed by atoms with E-state index in [1.165, 1.54) is 33.0 Å². The van der Waals surface area contributed by atoms with Gasteiger partial charge in [-0.2, -0.15) is 26.3 Å². The first kappa shape index (κ1) is 31.4. The summed E-state index contributed by atoms with van der Waals surface area (Å²) in [6.45, 7) is 1.35. The Labute approximate surface area is 273 Å².